The third kappa shape index (κ3) is 4.21. The molecule has 6 heteroatoms. The number of carbonyl (C=O) groups is 2. The summed E-state index contributed by atoms with van der Waals surface area (Å²) in [4.78, 5) is 24.0. The van der Waals surface area contributed by atoms with E-state index in [1.807, 2.05) is 0 Å². The second-order valence-corrected chi connectivity index (χ2v) is 5.60. The fourth-order valence-electron chi connectivity index (χ4n) is 2.09. The van der Waals surface area contributed by atoms with Gasteiger partial charge in [-0.1, -0.05) is 12.1 Å². The summed E-state index contributed by atoms with van der Waals surface area (Å²) in [6.45, 7) is 2.18. The molecule has 1 aliphatic carbocycles. The second-order valence-electron chi connectivity index (χ2n) is 5.60. The number of aliphatic hydroxyl groups excluding tert-OH is 1. The molecule has 22 heavy (non-hydrogen) atoms. The van der Waals surface area contributed by atoms with Gasteiger partial charge in [-0.15, -0.1) is 0 Å². The Morgan fingerprint density at radius 2 is 2.05 bits per heavy atom. The zero-order valence-corrected chi connectivity index (χ0v) is 12.8. The standard InChI is InChI=1S/C16H22N2O4/c1-10(14(19)16(21)17-9-11-7-8-11)18-15(20)12-5-3-4-6-13(12)22-2/h3-6,10-11,14,19H,7-9H2,1-2H3,(H,17,21)(H,18,20). The van der Waals surface area contributed by atoms with Crippen molar-refractivity contribution in [2.75, 3.05) is 13.7 Å². The maximum Gasteiger partial charge on any atom is 0.255 e. The van der Waals surface area contributed by atoms with E-state index in [9.17, 15) is 14.7 Å². The third-order valence-electron chi connectivity index (χ3n) is 3.71. The summed E-state index contributed by atoms with van der Waals surface area (Å²) in [7, 11) is 1.48. The summed E-state index contributed by atoms with van der Waals surface area (Å²) in [5, 5.41) is 15.3. The van der Waals surface area contributed by atoms with E-state index >= 15 is 0 Å². The van der Waals surface area contributed by atoms with Crippen LogP contribution < -0.4 is 15.4 Å². The molecule has 0 aromatic heterocycles. The Bertz CT molecular complexity index is 543. The lowest BCUT2D eigenvalue weighted by atomic mass is 10.1. The van der Waals surface area contributed by atoms with Crippen LogP contribution in [0.1, 0.15) is 30.1 Å². The van der Waals surface area contributed by atoms with Crippen LogP contribution in [0.5, 0.6) is 5.75 Å². The predicted molar refractivity (Wildman–Crippen MR) is 81.7 cm³/mol. The molecule has 2 unspecified atom stereocenters. The topological polar surface area (TPSA) is 87.7 Å². The van der Waals surface area contributed by atoms with E-state index in [1.165, 1.54) is 7.11 Å². The molecule has 6 nitrogen and oxygen atoms in total. The molecule has 0 radical (unpaired) electrons. The van der Waals surface area contributed by atoms with Gasteiger partial charge in [-0.25, -0.2) is 0 Å². The van der Waals surface area contributed by atoms with Crippen LogP contribution in [0.25, 0.3) is 0 Å². The zero-order chi connectivity index (χ0) is 16.1. The Balaban J connectivity index is 1.90. The minimum Gasteiger partial charge on any atom is -0.496 e. The number of hydrogen-bond donors (Lipinski definition) is 3. The van der Waals surface area contributed by atoms with E-state index in [1.54, 1.807) is 31.2 Å². The van der Waals surface area contributed by atoms with Crippen LogP contribution in [-0.4, -0.2) is 42.7 Å². The first kappa shape index (κ1) is 16.3. The van der Waals surface area contributed by atoms with Gasteiger partial charge in [-0.2, -0.15) is 0 Å². The number of hydrogen-bond acceptors (Lipinski definition) is 4. The highest BCUT2D eigenvalue weighted by molar-refractivity contribution is 5.97. The minimum absolute atomic E-state index is 0.363. The first-order valence-corrected chi connectivity index (χ1v) is 7.42. The smallest absolute Gasteiger partial charge is 0.255 e. The van der Waals surface area contributed by atoms with Gasteiger partial charge < -0.3 is 20.5 Å². The van der Waals surface area contributed by atoms with Crippen LogP contribution in [0.2, 0.25) is 0 Å². The van der Waals surface area contributed by atoms with Crippen molar-refractivity contribution in [1.82, 2.24) is 10.6 Å². The highest BCUT2D eigenvalue weighted by Gasteiger charge is 2.27. The number of rotatable bonds is 7. The summed E-state index contributed by atoms with van der Waals surface area (Å²) >= 11 is 0. The average molecular weight is 306 g/mol. The number of carbonyl (C=O) groups excluding carboxylic acids is 2. The third-order valence-corrected chi connectivity index (χ3v) is 3.71. The summed E-state index contributed by atoms with van der Waals surface area (Å²) in [6.07, 6.45) is 0.963. The monoisotopic (exact) mass is 306 g/mol. The number of ether oxygens (including phenoxy) is 1. The highest BCUT2D eigenvalue weighted by Crippen LogP contribution is 2.27. The molecular weight excluding hydrogens is 284 g/mol. The maximum atomic E-state index is 12.2. The predicted octanol–water partition coefficient (Wildman–Crippen LogP) is 0.701. The summed E-state index contributed by atoms with van der Waals surface area (Å²) < 4.78 is 5.13. The number of methoxy groups -OCH3 is 1. The lowest BCUT2D eigenvalue weighted by molar-refractivity contribution is -0.130. The van der Waals surface area contributed by atoms with Gasteiger partial charge >= 0.3 is 0 Å². The van der Waals surface area contributed by atoms with E-state index < -0.39 is 18.1 Å². The fourth-order valence-corrected chi connectivity index (χ4v) is 2.09. The van der Waals surface area contributed by atoms with Gasteiger partial charge in [0.15, 0.2) is 6.10 Å². The van der Waals surface area contributed by atoms with Gasteiger partial charge in [-0.05, 0) is 37.8 Å². The van der Waals surface area contributed by atoms with Gasteiger partial charge in [0.25, 0.3) is 11.8 Å². The molecule has 1 fully saturated rings. The Hall–Kier alpha value is -2.08. The summed E-state index contributed by atoms with van der Waals surface area (Å²) in [6, 6.07) is 6.09. The van der Waals surface area contributed by atoms with E-state index in [0.717, 1.165) is 12.8 Å². The number of benzene rings is 1. The number of nitrogens with one attached hydrogen (secondary N) is 2. The van der Waals surface area contributed by atoms with Crippen molar-refractivity contribution in [1.29, 1.82) is 0 Å². The van der Waals surface area contributed by atoms with Crippen molar-refractivity contribution in [3.63, 3.8) is 0 Å². The van der Waals surface area contributed by atoms with Crippen molar-refractivity contribution in [3.8, 4) is 5.75 Å². The zero-order valence-electron chi connectivity index (χ0n) is 12.8. The van der Waals surface area contributed by atoms with Crippen molar-refractivity contribution >= 4 is 11.8 Å². The van der Waals surface area contributed by atoms with Crippen molar-refractivity contribution < 1.29 is 19.4 Å². The summed E-state index contributed by atoms with van der Waals surface area (Å²) in [5.74, 6) is 0.133. The Morgan fingerprint density at radius 3 is 2.68 bits per heavy atom. The first-order valence-electron chi connectivity index (χ1n) is 7.42. The Kier molecular flexibility index (Phi) is 5.38. The van der Waals surface area contributed by atoms with Crippen molar-refractivity contribution in [2.24, 2.45) is 5.92 Å². The molecular formula is C16H22N2O4. The first-order chi connectivity index (χ1) is 10.5. The molecule has 0 aliphatic heterocycles. The van der Waals surface area contributed by atoms with Crippen LogP contribution in [0.4, 0.5) is 0 Å². The fraction of sp³-hybridized carbons (Fsp3) is 0.500. The molecule has 1 aromatic rings. The Morgan fingerprint density at radius 1 is 1.36 bits per heavy atom. The molecule has 1 aromatic carbocycles. The van der Waals surface area contributed by atoms with E-state index in [2.05, 4.69) is 10.6 Å². The van der Waals surface area contributed by atoms with Crippen LogP contribution in [0, 0.1) is 5.92 Å². The Labute approximate surface area is 129 Å². The highest BCUT2D eigenvalue weighted by atomic mass is 16.5. The van der Waals surface area contributed by atoms with Crippen LogP contribution >= 0.6 is 0 Å². The molecule has 1 saturated carbocycles. The molecule has 0 heterocycles. The lowest BCUT2D eigenvalue weighted by Crippen LogP contribution is -2.49. The van der Waals surface area contributed by atoms with Crippen LogP contribution in [-0.2, 0) is 4.79 Å². The van der Waals surface area contributed by atoms with Gasteiger partial charge in [0, 0.05) is 6.54 Å². The lowest BCUT2D eigenvalue weighted by Gasteiger charge is -2.20. The molecule has 3 N–H and O–H groups in total. The molecule has 2 rings (SSSR count). The van der Waals surface area contributed by atoms with Gasteiger partial charge in [0.2, 0.25) is 0 Å². The molecule has 0 bridgehead atoms. The maximum absolute atomic E-state index is 12.2. The van der Waals surface area contributed by atoms with Crippen LogP contribution in [0.15, 0.2) is 24.3 Å². The molecule has 120 valence electrons. The van der Waals surface area contributed by atoms with Gasteiger partial charge in [-0.3, -0.25) is 9.59 Å². The normalized spacial score (nSPS) is 16.5. The number of para-hydroxylation sites is 1. The molecule has 2 amide bonds. The minimum atomic E-state index is -1.28. The SMILES string of the molecule is COc1ccccc1C(=O)NC(C)C(O)C(=O)NCC1CC1. The van der Waals surface area contributed by atoms with Crippen molar-refractivity contribution in [2.45, 2.75) is 31.9 Å². The quantitative estimate of drug-likeness (QED) is 0.692. The largest absolute Gasteiger partial charge is 0.496 e. The second kappa shape index (κ2) is 7.26. The summed E-state index contributed by atoms with van der Waals surface area (Å²) in [5.41, 5.74) is 0.363. The van der Waals surface area contributed by atoms with Gasteiger partial charge in [0.05, 0.1) is 18.7 Å². The van der Waals surface area contributed by atoms with Gasteiger partial charge in [0.1, 0.15) is 5.75 Å². The molecule has 0 saturated heterocycles. The number of amides is 2. The van der Waals surface area contributed by atoms with E-state index in [0.29, 0.717) is 23.8 Å². The molecule has 2 atom stereocenters. The average Bonchev–Trinajstić information content (AvgIpc) is 3.35. The van der Waals surface area contributed by atoms with E-state index in [4.69, 9.17) is 4.74 Å². The molecule has 1 aliphatic rings. The van der Waals surface area contributed by atoms with Crippen LogP contribution in [0.3, 0.4) is 0 Å². The molecule has 0 spiro atoms. The van der Waals surface area contributed by atoms with E-state index in [-0.39, 0.29) is 5.91 Å². The van der Waals surface area contributed by atoms with Crippen molar-refractivity contribution in [3.05, 3.63) is 29.8 Å². The number of aliphatic hydroxyl groups is 1.